The Morgan fingerprint density at radius 3 is 2.38 bits per heavy atom. The number of likely N-dealkylation sites (tertiary alicyclic amines) is 1. The zero-order chi connectivity index (χ0) is 50.7. The first kappa shape index (κ1) is 49.0. The zero-order valence-corrected chi connectivity index (χ0v) is 42.6. The number of piperazine rings is 1. The summed E-state index contributed by atoms with van der Waals surface area (Å²) in [7, 11) is 1.95. The lowest BCUT2D eigenvalue weighted by Crippen LogP contribution is -2.49. The Kier molecular flexibility index (Phi) is 14.4. The van der Waals surface area contributed by atoms with E-state index >= 15 is 0 Å². The minimum Gasteiger partial charge on any atom is -0.494 e. The van der Waals surface area contributed by atoms with Gasteiger partial charge in [0.05, 0.1) is 39.6 Å². The predicted octanol–water partition coefficient (Wildman–Crippen LogP) is 7.70. The van der Waals surface area contributed by atoms with E-state index in [-0.39, 0.29) is 23.4 Å². The van der Waals surface area contributed by atoms with Gasteiger partial charge in [-0.2, -0.15) is 5.10 Å². The third-order valence-electron chi connectivity index (χ3n) is 15.4. The van der Waals surface area contributed by atoms with Gasteiger partial charge in [0.15, 0.2) is 10.8 Å². The molecule has 1 unspecified atom stereocenters. The van der Waals surface area contributed by atoms with Crippen LogP contribution in [0.1, 0.15) is 86.8 Å². The largest absolute Gasteiger partial charge is 0.494 e. The Balaban J connectivity index is 0.602. The lowest BCUT2D eigenvalue weighted by atomic mass is 9.90. The minimum absolute atomic E-state index is 0.0434. The predicted molar refractivity (Wildman–Crippen MR) is 288 cm³/mol. The number of carbonyl (C=O) groups excluding carboxylic acids is 3. The van der Waals surface area contributed by atoms with E-state index in [1.807, 2.05) is 89.4 Å². The van der Waals surface area contributed by atoms with Gasteiger partial charge in [-0.15, -0.1) is 0 Å². The molecule has 4 aliphatic rings. The number of ether oxygens (including phenoxy) is 1. The molecule has 0 saturated carbocycles. The number of imide groups is 1. The van der Waals surface area contributed by atoms with Gasteiger partial charge >= 0.3 is 5.97 Å². The fourth-order valence-corrected chi connectivity index (χ4v) is 12.2. The van der Waals surface area contributed by atoms with Crippen molar-refractivity contribution in [2.75, 3.05) is 80.6 Å². The number of hydrogen-bond acceptors (Lipinski definition) is 13. The number of carbonyl (C=O) groups is 4. The van der Waals surface area contributed by atoms with Crippen molar-refractivity contribution in [3.8, 4) is 5.75 Å². The van der Waals surface area contributed by atoms with Gasteiger partial charge < -0.3 is 24.5 Å². The van der Waals surface area contributed by atoms with Crippen LogP contribution < -0.4 is 25.2 Å². The molecule has 0 radical (unpaired) electrons. The van der Waals surface area contributed by atoms with Crippen LogP contribution in [0, 0.1) is 5.92 Å². The van der Waals surface area contributed by atoms with Gasteiger partial charge in [-0.05, 0) is 129 Å². The highest BCUT2D eigenvalue weighted by molar-refractivity contribution is 7.22. The Morgan fingerprint density at radius 2 is 1.59 bits per heavy atom. The van der Waals surface area contributed by atoms with Crippen molar-refractivity contribution in [3.05, 3.63) is 136 Å². The van der Waals surface area contributed by atoms with E-state index in [0.717, 1.165) is 108 Å². The van der Waals surface area contributed by atoms with Crippen LogP contribution in [0.2, 0.25) is 0 Å². The molecule has 0 bridgehead atoms. The number of rotatable bonds is 16. The molecule has 3 amide bonds. The van der Waals surface area contributed by atoms with Crippen LogP contribution in [-0.4, -0.2) is 124 Å². The normalized spacial score (nSPS) is 17.9. The maximum absolute atomic E-state index is 13.6. The van der Waals surface area contributed by atoms with Gasteiger partial charge in [0, 0.05) is 76.8 Å². The molecular formula is C57H62N10O6S. The number of aryl methyl sites for hydroxylation is 2. The van der Waals surface area contributed by atoms with Crippen LogP contribution in [0.5, 0.6) is 5.75 Å². The molecule has 74 heavy (non-hydrogen) atoms. The quantitative estimate of drug-likeness (QED) is 0.0635. The monoisotopic (exact) mass is 1010 g/mol. The van der Waals surface area contributed by atoms with E-state index in [9.17, 15) is 24.3 Å². The number of benzene rings is 4. The first-order valence-corrected chi connectivity index (χ1v) is 26.9. The number of piperidine rings is 2. The second-order valence-corrected chi connectivity index (χ2v) is 21.2. The van der Waals surface area contributed by atoms with E-state index in [1.165, 1.54) is 29.7 Å². The molecular weight excluding hydrogens is 953 g/mol. The molecule has 7 aromatic rings. The number of para-hydroxylation sites is 2. The second-order valence-electron chi connectivity index (χ2n) is 20.1. The van der Waals surface area contributed by atoms with Gasteiger partial charge in [-0.25, -0.2) is 14.8 Å². The van der Waals surface area contributed by atoms with E-state index in [0.29, 0.717) is 79.8 Å². The van der Waals surface area contributed by atoms with Crippen molar-refractivity contribution in [2.24, 2.45) is 13.0 Å². The highest BCUT2D eigenvalue weighted by atomic mass is 32.1. The van der Waals surface area contributed by atoms with Crippen molar-refractivity contribution in [2.45, 2.75) is 63.8 Å². The number of aromatic nitrogens is 4. The summed E-state index contributed by atoms with van der Waals surface area (Å²) in [5.41, 5.74) is 8.39. The number of hydrogen-bond donors (Lipinski definition) is 3. The van der Waals surface area contributed by atoms with Gasteiger partial charge in [-0.3, -0.25) is 34.6 Å². The summed E-state index contributed by atoms with van der Waals surface area (Å²) in [4.78, 5) is 69.5. The second kappa shape index (κ2) is 21.7. The fraction of sp³-hybridized carbons (Fsp3) is 0.386. The molecule has 4 aliphatic heterocycles. The number of nitrogens with one attached hydrogen (secondary N) is 2. The molecule has 3 fully saturated rings. The summed E-state index contributed by atoms with van der Waals surface area (Å²) in [5, 5.41) is 22.1. The summed E-state index contributed by atoms with van der Waals surface area (Å²) >= 11 is 1.44. The maximum atomic E-state index is 13.6. The molecule has 4 aromatic carbocycles. The molecule has 7 heterocycles. The summed E-state index contributed by atoms with van der Waals surface area (Å²) < 4.78 is 9.03. The van der Waals surface area contributed by atoms with Gasteiger partial charge in [0.2, 0.25) is 11.8 Å². The Hall–Kier alpha value is -7.21. The number of carboxylic acids is 1. The number of pyridine rings is 1. The molecule has 3 saturated heterocycles. The van der Waals surface area contributed by atoms with Crippen molar-refractivity contribution < 1.29 is 29.0 Å². The maximum Gasteiger partial charge on any atom is 0.354 e. The van der Waals surface area contributed by atoms with Crippen LogP contribution in [0.25, 0.3) is 21.1 Å². The molecule has 0 aliphatic carbocycles. The third kappa shape index (κ3) is 10.7. The van der Waals surface area contributed by atoms with Crippen molar-refractivity contribution >= 4 is 72.8 Å². The van der Waals surface area contributed by atoms with Gasteiger partial charge in [-0.1, -0.05) is 65.9 Å². The highest BCUT2D eigenvalue weighted by Crippen LogP contribution is 2.36. The van der Waals surface area contributed by atoms with Crippen LogP contribution >= 0.6 is 11.3 Å². The lowest BCUT2D eigenvalue weighted by molar-refractivity contribution is -0.134. The molecule has 3 aromatic heterocycles. The van der Waals surface area contributed by atoms with Crippen LogP contribution in [0.15, 0.2) is 97.1 Å². The van der Waals surface area contributed by atoms with E-state index in [4.69, 9.17) is 9.84 Å². The first-order chi connectivity index (χ1) is 36.1. The zero-order valence-electron chi connectivity index (χ0n) is 41.8. The third-order valence-corrected chi connectivity index (χ3v) is 16.4. The topological polar surface area (TPSA) is 178 Å². The fourth-order valence-electron chi connectivity index (χ4n) is 11.3. The van der Waals surface area contributed by atoms with Crippen LogP contribution in [-0.2, 0) is 42.4 Å². The van der Waals surface area contributed by atoms with Crippen molar-refractivity contribution in [1.29, 1.82) is 0 Å². The van der Waals surface area contributed by atoms with E-state index in [1.54, 1.807) is 0 Å². The number of anilines is 3. The van der Waals surface area contributed by atoms with Crippen molar-refractivity contribution in [1.82, 2.24) is 34.9 Å². The number of aromatic carboxylic acids is 1. The first-order valence-electron chi connectivity index (χ1n) is 26.1. The number of thiazole rings is 1. The summed E-state index contributed by atoms with van der Waals surface area (Å²) in [6.45, 7) is 9.78. The van der Waals surface area contributed by atoms with E-state index < -0.39 is 11.9 Å². The van der Waals surface area contributed by atoms with Gasteiger partial charge in [0.1, 0.15) is 11.6 Å². The number of amides is 3. The molecule has 0 spiro atoms. The van der Waals surface area contributed by atoms with Crippen LogP contribution in [0.3, 0.4) is 0 Å². The van der Waals surface area contributed by atoms with Gasteiger partial charge in [0.25, 0.3) is 5.91 Å². The molecule has 1 atom stereocenters. The van der Waals surface area contributed by atoms with E-state index in [2.05, 4.69) is 59.6 Å². The average Bonchev–Trinajstić information content (AvgIpc) is 3.99. The number of fused-ring (bicyclic) bond motifs is 3. The highest BCUT2D eigenvalue weighted by Gasteiger charge is 2.33. The van der Waals surface area contributed by atoms with Crippen LogP contribution in [0.4, 0.5) is 16.6 Å². The molecule has 11 rings (SSSR count). The molecule has 382 valence electrons. The molecule has 3 N–H and O–H groups in total. The summed E-state index contributed by atoms with van der Waals surface area (Å²) in [5.74, 6) is -0.128. The average molecular weight is 1020 g/mol. The summed E-state index contributed by atoms with van der Waals surface area (Å²) in [6, 6.07) is 32.0. The minimum atomic E-state index is -1.06. The number of carboxylic acid groups (broad SMARTS) is 1. The number of nitrogens with zero attached hydrogens (tertiary/aromatic N) is 8. The lowest BCUT2D eigenvalue weighted by Gasteiger charge is -2.38. The molecule has 17 heteroatoms. The molecule has 16 nitrogen and oxygen atoms in total. The Morgan fingerprint density at radius 1 is 0.811 bits per heavy atom. The Labute approximate surface area is 434 Å². The smallest absolute Gasteiger partial charge is 0.354 e. The Bertz CT molecular complexity index is 3180. The van der Waals surface area contributed by atoms with Crippen molar-refractivity contribution in [3.63, 3.8) is 0 Å². The summed E-state index contributed by atoms with van der Waals surface area (Å²) in [6.07, 6.45) is 6.12. The standard InChI is InChI=1S/C57H62N10O6S/c1-63-53-43(52(62-63)44-19-21-50(68)60-55(44)70)10-5-12-47(53)66-32-30-65(31-33-66)29-28-64-25-22-38(23-26-64)35-37-14-17-41(18-15-37)73-34-6-8-40-16-20-49(59-51(40)56(71)72)67-27-24-39-7-4-9-42(45(39)36-67)54(69)61-57-58-46-11-2-3-13-48(46)74-57/h2-5,7,9-18,20,38,44H,6,8,19,21-36H2,1H3,(H,71,72)(H,58,61,69)(H,60,68,70). The SMILES string of the molecule is Cn1nc(C2CCC(=O)NC2=O)c2cccc(N3CCN(CCN4CCC(Cc5ccc(OCCCc6ccc(N7CCc8cccc(C(=O)Nc9nc%10ccccc%10s9)c8C7)nc6C(=O)O)cc5)CC4)CC3)c21.